The Balaban J connectivity index is 2.63. The molecule has 1 atom stereocenters. The van der Waals surface area contributed by atoms with Crippen molar-refractivity contribution in [2.24, 2.45) is 0 Å². The summed E-state index contributed by atoms with van der Waals surface area (Å²) in [4.78, 5) is 0. The fraction of sp³-hybridized carbons (Fsp3) is 0.667. The number of rotatable bonds is 2. The molecule has 0 radical (unpaired) electrons. The molecule has 0 spiro atoms. The SMILES string of the molecule is C=C1CCC(=C(C)C)C[C@@H]1OCC. The Bertz CT molecular complexity index is 221. The fourth-order valence-corrected chi connectivity index (χ4v) is 1.77. The smallest absolute Gasteiger partial charge is 0.0819 e. The van der Waals surface area contributed by atoms with Gasteiger partial charge in [0.15, 0.2) is 0 Å². The van der Waals surface area contributed by atoms with E-state index < -0.39 is 0 Å². The summed E-state index contributed by atoms with van der Waals surface area (Å²) in [6, 6.07) is 0. The first kappa shape index (κ1) is 10.5. The molecule has 1 fully saturated rings. The summed E-state index contributed by atoms with van der Waals surface area (Å²) in [5, 5.41) is 0. The molecule has 74 valence electrons. The largest absolute Gasteiger partial charge is 0.374 e. The van der Waals surface area contributed by atoms with Gasteiger partial charge in [-0.15, -0.1) is 0 Å². The monoisotopic (exact) mass is 180 g/mol. The lowest BCUT2D eigenvalue weighted by Crippen LogP contribution is -2.21. The lowest BCUT2D eigenvalue weighted by Gasteiger charge is -2.27. The summed E-state index contributed by atoms with van der Waals surface area (Å²) >= 11 is 0. The van der Waals surface area contributed by atoms with E-state index in [1.54, 1.807) is 5.57 Å². The Kier molecular flexibility index (Phi) is 3.73. The van der Waals surface area contributed by atoms with Crippen molar-refractivity contribution >= 4 is 0 Å². The van der Waals surface area contributed by atoms with Gasteiger partial charge in [0.05, 0.1) is 6.10 Å². The van der Waals surface area contributed by atoms with Crippen molar-refractivity contribution in [2.45, 2.75) is 46.1 Å². The highest BCUT2D eigenvalue weighted by molar-refractivity contribution is 5.22. The summed E-state index contributed by atoms with van der Waals surface area (Å²) in [5.41, 5.74) is 4.29. The predicted octanol–water partition coefficient (Wildman–Crippen LogP) is 3.47. The average molecular weight is 180 g/mol. The highest BCUT2D eigenvalue weighted by Crippen LogP contribution is 2.30. The molecule has 0 N–H and O–H groups in total. The molecule has 1 saturated carbocycles. The standard InChI is InChI=1S/C12H20O/c1-5-13-12-8-11(9(2)3)7-6-10(12)4/h12H,4-8H2,1-3H3/t12-/m0/s1. The molecule has 0 aromatic heterocycles. The van der Waals surface area contributed by atoms with Gasteiger partial charge >= 0.3 is 0 Å². The summed E-state index contributed by atoms with van der Waals surface area (Å²) in [7, 11) is 0. The van der Waals surface area contributed by atoms with Gasteiger partial charge in [0.1, 0.15) is 0 Å². The summed E-state index contributed by atoms with van der Waals surface area (Å²) in [6.45, 7) is 11.3. The van der Waals surface area contributed by atoms with Crippen LogP contribution in [0.15, 0.2) is 23.3 Å². The third-order valence-electron chi connectivity index (χ3n) is 2.71. The minimum Gasteiger partial charge on any atom is -0.374 e. The van der Waals surface area contributed by atoms with Crippen LogP contribution in [0.3, 0.4) is 0 Å². The second kappa shape index (κ2) is 4.61. The van der Waals surface area contributed by atoms with Crippen molar-refractivity contribution < 1.29 is 4.74 Å². The molecule has 0 aromatic carbocycles. The minimum atomic E-state index is 0.281. The van der Waals surface area contributed by atoms with Gasteiger partial charge < -0.3 is 4.74 Å². The van der Waals surface area contributed by atoms with Crippen LogP contribution in [0.4, 0.5) is 0 Å². The molecule has 1 aliphatic rings. The fourth-order valence-electron chi connectivity index (χ4n) is 1.77. The Morgan fingerprint density at radius 1 is 1.46 bits per heavy atom. The molecule has 13 heavy (non-hydrogen) atoms. The van der Waals surface area contributed by atoms with E-state index in [-0.39, 0.29) is 6.10 Å². The molecular formula is C12H20O. The van der Waals surface area contributed by atoms with Crippen LogP contribution < -0.4 is 0 Å². The molecule has 0 saturated heterocycles. The van der Waals surface area contributed by atoms with Crippen molar-refractivity contribution in [3.05, 3.63) is 23.3 Å². The Morgan fingerprint density at radius 2 is 2.15 bits per heavy atom. The first-order valence-corrected chi connectivity index (χ1v) is 5.09. The maximum Gasteiger partial charge on any atom is 0.0819 e. The van der Waals surface area contributed by atoms with Crippen LogP contribution in [0.25, 0.3) is 0 Å². The first-order valence-electron chi connectivity index (χ1n) is 5.09. The first-order chi connectivity index (χ1) is 6.15. The van der Waals surface area contributed by atoms with Gasteiger partial charge in [-0.3, -0.25) is 0 Å². The zero-order valence-electron chi connectivity index (χ0n) is 9.02. The molecule has 1 rings (SSSR count). The van der Waals surface area contributed by atoms with Gasteiger partial charge in [0, 0.05) is 6.61 Å². The predicted molar refractivity (Wildman–Crippen MR) is 56.8 cm³/mol. The van der Waals surface area contributed by atoms with Gasteiger partial charge in [-0.1, -0.05) is 17.7 Å². The average Bonchev–Trinajstić information content (AvgIpc) is 2.08. The van der Waals surface area contributed by atoms with Gasteiger partial charge in [-0.05, 0) is 45.6 Å². The van der Waals surface area contributed by atoms with Crippen LogP contribution in [0.1, 0.15) is 40.0 Å². The number of hydrogen-bond acceptors (Lipinski definition) is 1. The normalized spacial score (nSPS) is 23.5. The van der Waals surface area contributed by atoms with Crippen molar-refractivity contribution in [2.75, 3.05) is 6.61 Å². The van der Waals surface area contributed by atoms with Gasteiger partial charge in [-0.25, -0.2) is 0 Å². The van der Waals surface area contributed by atoms with E-state index in [9.17, 15) is 0 Å². The maximum atomic E-state index is 5.64. The van der Waals surface area contributed by atoms with E-state index in [0.29, 0.717) is 0 Å². The number of allylic oxidation sites excluding steroid dienone is 1. The molecule has 0 aliphatic heterocycles. The van der Waals surface area contributed by atoms with Crippen molar-refractivity contribution in [3.63, 3.8) is 0 Å². The lowest BCUT2D eigenvalue weighted by molar-refractivity contribution is 0.0809. The summed E-state index contributed by atoms with van der Waals surface area (Å²) < 4.78 is 5.64. The quantitative estimate of drug-likeness (QED) is 0.591. The molecular weight excluding hydrogens is 160 g/mol. The molecule has 0 unspecified atom stereocenters. The zero-order chi connectivity index (χ0) is 9.84. The topological polar surface area (TPSA) is 9.23 Å². The van der Waals surface area contributed by atoms with E-state index in [1.165, 1.54) is 17.6 Å². The maximum absolute atomic E-state index is 5.64. The minimum absolute atomic E-state index is 0.281. The molecule has 1 heteroatoms. The zero-order valence-corrected chi connectivity index (χ0v) is 9.02. The molecule has 0 amide bonds. The van der Waals surface area contributed by atoms with Crippen molar-refractivity contribution in [1.82, 2.24) is 0 Å². The van der Waals surface area contributed by atoms with E-state index in [4.69, 9.17) is 4.74 Å². The van der Waals surface area contributed by atoms with Gasteiger partial charge in [0.2, 0.25) is 0 Å². The number of ether oxygens (including phenoxy) is 1. The molecule has 0 bridgehead atoms. The van der Waals surface area contributed by atoms with Crippen LogP contribution in [0.5, 0.6) is 0 Å². The van der Waals surface area contributed by atoms with Crippen LogP contribution in [-0.2, 0) is 4.74 Å². The van der Waals surface area contributed by atoms with Crippen LogP contribution >= 0.6 is 0 Å². The molecule has 1 nitrogen and oxygen atoms in total. The lowest BCUT2D eigenvalue weighted by atomic mass is 9.87. The highest BCUT2D eigenvalue weighted by Gasteiger charge is 2.20. The van der Waals surface area contributed by atoms with E-state index in [1.807, 2.05) is 6.92 Å². The second-order valence-corrected chi connectivity index (χ2v) is 3.91. The molecule has 0 heterocycles. The summed E-state index contributed by atoms with van der Waals surface area (Å²) in [5.74, 6) is 0. The highest BCUT2D eigenvalue weighted by atomic mass is 16.5. The summed E-state index contributed by atoms with van der Waals surface area (Å²) in [6.07, 6.45) is 3.63. The Labute approximate surface area is 81.5 Å². The van der Waals surface area contributed by atoms with Crippen molar-refractivity contribution in [1.29, 1.82) is 0 Å². The molecule has 1 aliphatic carbocycles. The second-order valence-electron chi connectivity index (χ2n) is 3.91. The third-order valence-corrected chi connectivity index (χ3v) is 2.71. The van der Waals surface area contributed by atoms with Gasteiger partial charge in [-0.2, -0.15) is 0 Å². The van der Waals surface area contributed by atoms with Crippen molar-refractivity contribution in [3.8, 4) is 0 Å². The Hall–Kier alpha value is -0.560. The molecule has 0 aromatic rings. The van der Waals surface area contributed by atoms with Crippen LogP contribution in [0.2, 0.25) is 0 Å². The third kappa shape index (κ3) is 2.70. The van der Waals surface area contributed by atoms with Gasteiger partial charge in [0.25, 0.3) is 0 Å². The van der Waals surface area contributed by atoms with Crippen LogP contribution in [-0.4, -0.2) is 12.7 Å². The van der Waals surface area contributed by atoms with E-state index >= 15 is 0 Å². The Morgan fingerprint density at radius 3 is 2.69 bits per heavy atom. The number of hydrogen-bond donors (Lipinski definition) is 0. The van der Waals surface area contributed by atoms with Crippen LogP contribution in [0, 0.1) is 0 Å². The van der Waals surface area contributed by atoms with E-state index in [2.05, 4.69) is 20.4 Å². The van der Waals surface area contributed by atoms with E-state index in [0.717, 1.165) is 19.4 Å².